The Morgan fingerprint density at radius 3 is 2.68 bits per heavy atom. The predicted molar refractivity (Wildman–Crippen MR) is 89.3 cm³/mol. The van der Waals surface area contributed by atoms with Gasteiger partial charge >= 0.3 is 0 Å². The molecule has 0 spiro atoms. The topological polar surface area (TPSA) is 12.0 Å². The van der Waals surface area contributed by atoms with Gasteiger partial charge in [-0.25, -0.2) is 0 Å². The number of likely N-dealkylation sites (N-methyl/N-ethyl adjacent to an activating group) is 1. The Balaban J connectivity index is 1.88. The lowest BCUT2D eigenvalue weighted by atomic mass is 10.1. The van der Waals surface area contributed by atoms with Crippen LogP contribution in [-0.4, -0.2) is 7.05 Å². The first-order valence-electron chi connectivity index (χ1n) is 6.16. The number of benzene rings is 1. The van der Waals surface area contributed by atoms with Crippen LogP contribution in [0.4, 0.5) is 0 Å². The third-order valence-electron chi connectivity index (χ3n) is 3.17. The minimum atomic E-state index is 0.392. The number of nitrogens with one attached hydrogen (secondary N) is 1. The van der Waals surface area contributed by atoms with Crippen LogP contribution in [0.1, 0.15) is 15.8 Å². The number of hydrogen-bond donors (Lipinski definition) is 1. The summed E-state index contributed by atoms with van der Waals surface area (Å²) in [7, 11) is 2.04. The van der Waals surface area contributed by atoms with Crippen LogP contribution in [0.5, 0.6) is 0 Å². The fraction of sp³-hybridized carbons (Fsp3) is 0.200. The Labute approximate surface area is 129 Å². The Morgan fingerprint density at radius 1 is 1.16 bits per heavy atom. The van der Waals surface area contributed by atoms with Gasteiger partial charge in [0.15, 0.2) is 0 Å². The molecule has 1 nitrogen and oxygen atoms in total. The van der Waals surface area contributed by atoms with Crippen molar-refractivity contribution in [2.45, 2.75) is 12.5 Å². The van der Waals surface area contributed by atoms with E-state index in [1.54, 1.807) is 0 Å². The Kier molecular flexibility index (Phi) is 4.03. The van der Waals surface area contributed by atoms with Crippen LogP contribution in [0.3, 0.4) is 0 Å². The van der Waals surface area contributed by atoms with Crippen molar-refractivity contribution in [1.29, 1.82) is 0 Å². The van der Waals surface area contributed by atoms with Crippen molar-refractivity contribution < 1.29 is 0 Å². The third kappa shape index (κ3) is 2.92. The fourth-order valence-electron chi connectivity index (χ4n) is 2.18. The highest BCUT2D eigenvalue weighted by Crippen LogP contribution is 2.33. The summed E-state index contributed by atoms with van der Waals surface area (Å²) in [5, 5.41) is 4.78. The molecule has 98 valence electrons. The summed E-state index contributed by atoms with van der Waals surface area (Å²) in [5.41, 5.74) is 0. The van der Waals surface area contributed by atoms with Gasteiger partial charge in [0, 0.05) is 26.9 Å². The summed E-state index contributed by atoms with van der Waals surface area (Å²) in [6.45, 7) is 0. The van der Waals surface area contributed by atoms with Gasteiger partial charge in [0.1, 0.15) is 0 Å². The molecule has 3 rings (SSSR count). The molecule has 1 N–H and O–H groups in total. The molecule has 1 aromatic carbocycles. The molecule has 0 aliphatic carbocycles. The van der Waals surface area contributed by atoms with Gasteiger partial charge in [0.25, 0.3) is 0 Å². The highest BCUT2D eigenvalue weighted by Gasteiger charge is 2.14. The summed E-state index contributed by atoms with van der Waals surface area (Å²) >= 11 is 7.23. The lowest BCUT2D eigenvalue weighted by Crippen LogP contribution is -2.17. The van der Waals surface area contributed by atoms with E-state index < -0.39 is 0 Å². The minimum absolute atomic E-state index is 0.392. The molecule has 0 fully saturated rings. The Hall–Kier alpha value is -0.680. The first kappa shape index (κ1) is 13.3. The molecule has 0 amide bonds. The van der Waals surface area contributed by atoms with E-state index in [0.717, 1.165) is 6.42 Å². The van der Waals surface area contributed by atoms with Crippen LogP contribution in [0, 0.1) is 0 Å². The molecule has 4 heteroatoms. The molecule has 0 aliphatic rings. The third-order valence-corrected chi connectivity index (χ3v) is 6.05. The molecular weight excluding hydrogens is 338 g/mol. The zero-order valence-electron chi connectivity index (χ0n) is 10.5. The van der Waals surface area contributed by atoms with Crippen molar-refractivity contribution in [3.05, 3.63) is 56.0 Å². The van der Waals surface area contributed by atoms with Gasteiger partial charge in [0.05, 0.1) is 3.79 Å². The van der Waals surface area contributed by atoms with E-state index in [2.05, 4.69) is 63.7 Å². The van der Waals surface area contributed by atoms with Crippen molar-refractivity contribution >= 4 is 48.7 Å². The van der Waals surface area contributed by atoms with E-state index in [1.807, 2.05) is 29.7 Å². The lowest BCUT2D eigenvalue weighted by Gasteiger charge is -2.12. The van der Waals surface area contributed by atoms with Gasteiger partial charge < -0.3 is 5.32 Å². The quantitative estimate of drug-likeness (QED) is 0.678. The van der Waals surface area contributed by atoms with E-state index in [4.69, 9.17) is 0 Å². The van der Waals surface area contributed by atoms with E-state index in [9.17, 15) is 0 Å². The van der Waals surface area contributed by atoms with Crippen LogP contribution in [-0.2, 0) is 6.42 Å². The second-order valence-electron chi connectivity index (χ2n) is 4.44. The molecule has 2 aromatic heterocycles. The van der Waals surface area contributed by atoms with Gasteiger partial charge in [-0.1, -0.05) is 18.2 Å². The van der Waals surface area contributed by atoms with Crippen LogP contribution in [0.2, 0.25) is 0 Å². The van der Waals surface area contributed by atoms with E-state index >= 15 is 0 Å². The van der Waals surface area contributed by atoms with Gasteiger partial charge in [-0.15, -0.1) is 22.7 Å². The highest BCUT2D eigenvalue weighted by atomic mass is 79.9. The molecule has 19 heavy (non-hydrogen) atoms. The molecule has 0 radical (unpaired) electrons. The molecule has 1 atom stereocenters. The summed E-state index contributed by atoms with van der Waals surface area (Å²) in [6, 6.07) is 15.6. The second-order valence-corrected chi connectivity index (χ2v) is 8.10. The molecule has 1 unspecified atom stereocenters. The lowest BCUT2D eigenvalue weighted by molar-refractivity contribution is 0.607. The van der Waals surface area contributed by atoms with Crippen molar-refractivity contribution in [1.82, 2.24) is 5.32 Å². The van der Waals surface area contributed by atoms with Crippen LogP contribution in [0.25, 0.3) is 10.1 Å². The SMILES string of the molecule is CNC(Cc1ccc(Br)s1)c1cc2ccccc2s1. The Bertz CT molecular complexity index is 653. The smallest absolute Gasteiger partial charge is 0.0701 e. The predicted octanol–water partition coefficient (Wildman–Crippen LogP) is 5.23. The second kappa shape index (κ2) is 5.75. The minimum Gasteiger partial charge on any atom is -0.312 e. The van der Waals surface area contributed by atoms with E-state index in [0.29, 0.717) is 6.04 Å². The zero-order valence-corrected chi connectivity index (χ0v) is 13.7. The molecule has 0 saturated heterocycles. The maximum Gasteiger partial charge on any atom is 0.0701 e. The fourth-order valence-corrected chi connectivity index (χ4v) is 4.88. The van der Waals surface area contributed by atoms with E-state index in [-0.39, 0.29) is 0 Å². The normalized spacial score (nSPS) is 12.9. The average Bonchev–Trinajstić information content (AvgIpc) is 3.01. The van der Waals surface area contributed by atoms with Crippen molar-refractivity contribution in [3.63, 3.8) is 0 Å². The van der Waals surface area contributed by atoms with Crippen LogP contribution >= 0.6 is 38.6 Å². The summed E-state index contributed by atoms with van der Waals surface area (Å²) in [6.07, 6.45) is 1.04. The van der Waals surface area contributed by atoms with Gasteiger partial charge in [-0.05, 0) is 52.6 Å². The highest BCUT2D eigenvalue weighted by molar-refractivity contribution is 9.11. The first-order valence-corrected chi connectivity index (χ1v) is 8.59. The molecule has 0 aliphatic heterocycles. The molecule has 0 saturated carbocycles. The molecule has 2 heterocycles. The summed E-state index contributed by atoms with van der Waals surface area (Å²) < 4.78 is 2.57. The largest absolute Gasteiger partial charge is 0.312 e. The van der Waals surface area contributed by atoms with Crippen LogP contribution in [0.15, 0.2) is 46.3 Å². The van der Waals surface area contributed by atoms with Gasteiger partial charge in [-0.2, -0.15) is 0 Å². The standard InChI is InChI=1S/C15H14BrNS2/c1-17-12(9-11-6-7-15(16)18-11)14-8-10-4-2-3-5-13(10)19-14/h2-8,12,17H,9H2,1H3. The summed E-state index contributed by atoms with van der Waals surface area (Å²) in [4.78, 5) is 2.82. The molecule has 3 aromatic rings. The van der Waals surface area contributed by atoms with Crippen molar-refractivity contribution in [3.8, 4) is 0 Å². The van der Waals surface area contributed by atoms with Gasteiger partial charge in [-0.3, -0.25) is 0 Å². The monoisotopic (exact) mass is 351 g/mol. The number of halogens is 1. The Morgan fingerprint density at radius 2 is 2.00 bits per heavy atom. The number of rotatable bonds is 4. The molecular formula is C15H14BrNS2. The number of thiophene rings is 2. The van der Waals surface area contributed by atoms with E-state index in [1.165, 1.54) is 23.6 Å². The summed E-state index contributed by atoms with van der Waals surface area (Å²) in [5.74, 6) is 0. The number of hydrogen-bond acceptors (Lipinski definition) is 3. The van der Waals surface area contributed by atoms with Gasteiger partial charge in [0.2, 0.25) is 0 Å². The average molecular weight is 352 g/mol. The van der Waals surface area contributed by atoms with Crippen LogP contribution < -0.4 is 5.32 Å². The maximum absolute atomic E-state index is 3.53. The number of fused-ring (bicyclic) bond motifs is 1. The van der Waals surface area contributed by atoms with Crippen molar-refractivity contribution in [2.75, 3.05) is 7.05 Å². The molecule has 0 bridgehead atoms. The maximum atomic E-state index is 3.53. The zero-order chi connectivity index (χ0) is 13.2. The first-order chi connectivity index (χ1) is 9.26. The van der Waals surface area contributed by atoms with Crippen molar-refractivity contribution in [2.24, 2.45) is 0 Å².